The summed E-state index contributed by atoms with van der Waals surface area (Å²) in [6, 6.07) is 13.0. The van der Waals surface area contributed by atoms with Crippen LogP contribution in [0, 0.1) is 5.92 Å². The van der Waals surface area contributed by atoms with Crippen molar-refractivity contribution in [1.29, 1.82) is 0 Å². The van der Waals surface area contributed by atoms with Crippen LogP contribution in [0.3, 0.4) is 0 Å². The summed E-state index contributed by atoms with van der Waals surface area (Å²) in [6.45, 7) is 4.59. The third kappa shape index (κ3) is 4.60. The molecule has 1 aliphatic rings. The molecule has 0 bridgehead atoms. The highest BCUT2D eigenvalue weighted by Gasteiger charge is 2.25. The first-order valence-electron chi connectivity index (χ1n) is 9.97. The third-order valence-corrected chi connectivity index (χ3v) is 7.14. The van der Waals surface area contributed by atoms with Crippen LogP contribution >= 0.6 is 0 Å². The molecule has 0 N–H and O–H groups in total. The second-order valence-electron chi connectivity index (χ2n) is 7.24. The van der Waals surface area contributed by atoms with Crippen molar-refractivity contribution in [2.24, 2.45) is 5.92 Å². The molecule has 30 heavy (non-hydrogen) atoms. The van der Waals surface area contributed by atoms with Gasteiger partial charge < -0.3 is 14.4 Å². The third-order valence-electron chi connectivity index (χ3n) is 5.36. The second kappa shape index (κ2) is 9.49. The molecule has 1 aliphatic heterocycles. The Hall–Kier alpha value is -2.58. The Morgan fingerprint density at radius 3 is 2.47 bits per heavy atom. The van der Waals surface area contributed by atoms with Crippen LogP contribution in [0.25, 0.3) is 0 Å². The summed E-state index contributed by atoms with van der Waals surface area (Å²) < 4.78 is 38.0. The molecule has 1 fully saturated rings. The van der Waals surface area contributed by atoms with Crippen LogP contribution in [0.5, 0.6) is 5.75 Å². The zero-order valence-corrected chi connectivity index (χ0v) is 18.4. The Bertz CT molecular complexity index is 969. The summed E-state index contributed by atoms with van der Waals surface area (Å²) in [5, 5.41) is 0. The minimum Gasteiger partial charge on any atom is -0.495 e. The lowest BCUT2D eigenvalue weighted by molar-refractivity contribution is 0.0730. The van der Waals surface area contributed by atoms with Gasteiger partial charge in [-0.2, -0.15) is 0 Å². The molecule has 0 saturated carbocycles. The predicted octanol–water partition coefficient (Wildman–Crippen LogP) is 3.02. The van der Waals surface area contributed by atoms with Crippen LogP contribution in [0.2, 0.25) is 0 Å². The van der Waals surface area contributed by atoms with Crippen molar-refractivity contribution >= 4 is 21.6 Å². The Morgan fingerprint density at radius 1 is 1.17 bits per heavy atom. The summed E-state index contributed by atoms with van der Waals surface area (Å²) in [6.07, 6.45) is 0.955. The molecule has 0 radical (unpaired) electrons. The normalized spacial score (nSPS) is 16.3. The van der Waals surface area contributed by atoms with Gasteiger partial charge in [0.1, 0.15) is 5.75 Å². The lowest BCUT2D eigenvalue weighted by atomic mass is 10.1. The van der Waals surface area contributed by atoms with Gasteiger partial charge in [0, 0.05) is 38.2 Å². The van der Waals surface area contributed by atoms with E-state index < -0.39 is 10.0 Å². The number of ether oxygens (including phenoxy) is 2. The lowest BCUT2D eigenvalue weighted by Crippen LogP contribution is -2.35. The minimum atomic E-state index is -3.80. The average molecular weight is 433 g/mol. The number of hydrogen-bond acceptors (Lipinski definition) is 5. The highest BCUT2D eigenvalue weighted by atomic mass is 32.2. The van der Waals surface area contributed by atoms with Crippen LogP contribution in [-0.4, -0.2) is 59.7 Å². The minimum absolute atomic E-state index is 0.105. The zero-order valence-electron chi connectivity index (χ0n) is 17.6. The Balaban J connectivity index is 1.79. The predicted molar refractivity (Wildman–Crippen MR) is 116 cm³/mol. The number of para-hydroxylation sites is 2. The standard InChI is InChI=1S/C22H28N2O5S/c1-4-24(15-17-13-14-29-16-17)22(25)18-9-11-19(12-10-18)30(26,27)23(2)20-7-5-6-8-21(20)28-3/h5-12,17H,4,13-16H2,1-3H3. The summed E-state index contributed by atoms with van der Waals surface area (Å²) in [7, 11) is -0.822. The van der Waals surface area contributed by atoms with E-state index >= 15 is 0 Å². The van der Waals surface area contributed by atoms with E-state index in [-0.39, 0.29) is 10.8 Å². The van der Waals surface area contributed by atoms with Gasteiger partial charge in [0.15, 0.2) is 0 Å². The molecule has 2 aromatic carbocycles. The quantitative estimate of drug-likeness (QED) is 0.641. The maximum absolute atomic E-state index is 13.1. The molecule has 1 amide bonds. The largest absolute Gasteiger partial charge is 0.495 e. The van der Waals surface area contributed by atoms with E-state index in [1.54, 1.807) is 41.3 Å². The van der Waals surface area contributed by atoms with Crippen molar-refractivity contribution in [3.8, 4) is 5.75 Å². The van der Waals surface area contributed by atoms with Gasteiger partial charge in [-0.1, -0.05) is 12.1 Å². The summed E-state index contributed by atoms with van der Waals surface area (Å²) in [5.74, 6) is 0.708. The first kappa shape index (κ1) is 22.1. The van der Waals surface area contributed by atoms with Crippen molar-refractivity contribution in [2.75, 3.05) is 44.8 Å². The molecule has 8 heteroatoms. The Labute approximate surface area is 178 Å². The maximum Gasteiger partial charge on any atom is 0.264 e. The first-order chi connectivity index (χ1) is 14.4. The van der Waals surface area contributed by atoms with E-state index in [1.807, 2.05) is 6.92 Å². The smallest absolute Gasteiger partial charge is 0.264 e. The SMILES string of the molecule is CCN(CC1CCOC1)C(=O)c1ccc(S(=O)(=O)N(C)c2ccccc2OC)cc1. The number of methoxy groups -OCH3 is 1. The monoisotopic (exact) mass is 432 g/mol. The van der Waals surface area contributed by atoms with Crippen molar-refractivity contribution in [3.63, 3.8) is 0 Å². The highest BCUT2D eigenvalue weighted by molar-refractivity contribution is 7.92. The van der Waals surface area contributed by atoms with Gasteiger partial charge in [0.25, 0.3) is 15.9 Å². The van der Waals surface area contributed by atoms with Crippen LogP contribution in [0.1, 0.15) is 23.7 Å². The molecule has 0 aliphatic carbocycles. The number of hydrogen-bond donors (Lipinski definition) is 0. The van der Waals surface area contributed by atoms with Gasteiger partial charge in [-0.15, -0.1) is 0 Å². The topological polar surface area (TPSA) is 76.2 Å². The number of rotatable bonds is 8. The number of anilines is 1. The van der Waals surface area contributed by atoms with Gasteiger partial charge >= 0.3 is 0 Å². The fraction of sp³-hybridized carbons (Fsp3) is 0.409. The molecule has 0 spiro atoms. The summed E-state index contributed by atoms with van der Waals surface area (Å²) in [4.78, 5) is 14.8. The molecule has 162 valence electrons. The van der Waals surface area contributed by atoms with Crippen LogP contribution in [0.4, 0.5) is 5.69 Å². The molecule has 1 unspecified atom stereocenters. The van der Waals surface area contributed by atoms with E-state index in [0.29, 0.717) is 42.6 Å². The fourth-order valence-electron chi connectivity index (χ4n) is 3.52. The van der Waals surface area contributed by atoms with Crippen molar-refractivity contribution < 1.29 is 22.7 Å². The van der Waals surface area contributed by atoms with E-state index in [4.69, 9.17) is 9.47 Å². The molecule has 3 rings (SSSR count). The van der Waals surface area contributed by atoms with E-state index in [2.05, 4.69) is 0 Å². The molecule has 7 nitrogen and oxygen atoms in total. The van der Waals surface area contributed by atoms with E-state index in [9.17, 15) is 13.2 Å². The Morgan fingerprint density at radius 2 is 1.87 bits per heavy atom. The number of carbonyl (C=O) groups is 1. The van der Waals surface area contributed by atoms with E-state index in [0.717, 1.165) is 13.0 Å². The fourth-order valence-corrected chi connectivity index (χ4v) is 4.73. The van der Waals surface area contributed by atoms with E-state index in [1.165, 1.54) is 30.6 Å². The second-order valence-corrected chi connectivity index (χ2v) is 9.21. The van der Waals surface area contributed by atoms with Crippen molar-refractivity contribution in [3.05, 3.63) is 54.1 Å². The average Bonchev–Trinajstić information content (AvgIpc) is 3.29. The highest BCUT2D eigenvalue weighted by Crippen LogP contribution is 2.31. The van der Waals surface area contributed by atoms with Crippen LogP contribution < -0.4 is 9.04 Å². The zero-order chi connectivity index (χ0) is 21.7. The molecule has 0 aromatic heterocycles. The maximum atomic E-state index is 13.1. The number of amides is 1. The molecule has 1 saturated heterocycles. The number of sulfonamides is 1. The molecular weight excluding hydrogens is 404 g/mol. The van der Waals surface area contributed by atoms with Crippen LogP contribution in [-0.2, 0) is 14.8 Å². The van der Waals surface area contributed by atoms with Gasteiger partial charge in [-0.3, -0.25) is 9.10 Å². The molecule has 1 heterocycles. The lowest BCUT2D eigenvalue weighted by Gasteiger charge is -2.24. The van der Waals surface area contributed by atoms with Crippen molar-refractivity contribution in [1.82, 2.24) is 4.90 Å². The van der Waals surface area contributed by atoms with Gasteiger partial charge in [-0.05, 0) is 49.7 Å². The number of benzene rings is 2. The number of nitrogens with zero attached hydrogens (tertiary/aromatic N) is 2. The van der Waals surface area contributed by atoms with Crippen molar-refractivity contribution in [2.45, 2.75) is 18.2 Å². The molecule has 2 aromatic rings. The Kier molecular flexibility index (Phi) is 6.99. The molecular formula is C22H28N2O5S. The van der Waals surface area contributed by atoms with Gasteiger partial charge in [0.05, 0.1) is 24.3 Å². The van der Waals surface area contributed by atoms with Gasteiger partial charge in [0.2, 0.25) is 0 Å². The first-order valence-corrected chi connectivity index (χ1v) is 11.4. The number of carbonyl (C=O) groups excluding carboxylic acids is 1. The van der Waals surface area contributed by atoms with Gasteiger partial charge in [-0.25, -0.2) is 8.42 Å². The summed E-state index contributed by atoms with van der Waals surface area (Å²) in [5.41, 5.74) is 0.908. The van der Waals surface area contributed by atoms with Crippen LogP contribution in [0.15, 0.2) is 53.4 Å². The molecule has 1 atom stereocenters. The summed E-state index contributed by atoms with van der Waals surface area (Å²) >= 11 is 0.